The van der Waals surface area contributed by atoms with Crippen LogP contribution in [0.15, 0.2) is 4.99 Å². The van der Waals surface area contributed by atoms with E-state index in [1.807, 2.05) is 11.8 Å². The van der Waals surface area contributed by atoms with Crippen molar-refractivity contribution in [3.63, 3.8) is 0 Å². The van der Waals surface area contributed by atoms with Gasteiger partial charge in [-0.05, 0) is 40.0 Å². The van der Waals surface area contributed by atoms with E-state index >= 15 is 0 Å². The summed E-state index contributed by atoms with van der Waals surface area (Å²) in [5, 5.41) is 6.74. The monoisotopic (exact) mass is 444 g/mol. The highest BCUT2D eigenvalue weighted by Gasteiger charge is 2.15. The Hall–Kier alpha value is 0.270. The second kappa shape index (κ2) is 12.7. The molecule has 0 amide bonds. The summed E-state index contributed by atoms with van der Waals surface area (Å²) in [5.41, 5.74) is 0. The van der Waals surface area contributed by atoms with Gasteiger partial charge in [0.25, 0.3) is 0 Å². The molecular formula is C15H33IN4OS. The predicted molar refractivity (Wildman–Crippen MR) is 109 cm³/mol. The molecule has 1 fully saturated rings. The fourth-order valence-corrected chi connectivity index (χ4v) is 2.20. The van der Waals surface area contributed by atoms with Crippen LogP contribution >= 0.6 is 35.7 Å². The number of thioether (sulfide) groups is 1. The Balaban J connectivity index is 0.00000441. The molecule has 1 aliphatic heterocycles. The van der Waals surface area contributed by atoms with Gasteiger partial charge in [-0.15, -0.1) is 24.0 Å². The maximum absolute atomic E-state index is 5.36. The molecule has 0 aromatic rings. The highest BCUT2D eigenvalue weighted by Crippen LogP contribution is 2.20. The summed E-state index contributed by atoms with van der Waals surface area (Å²) in [6, 6.07) is 0. The number of hydrogen-bond donors (Lipinski definition) is 2. The summed E-state index contributed by atoms with van der Waals surface area (Å²) in [6.07, 6.45) is 3.27. The third-order valence-electron chi connectivity index (χ3n) is 3.56. The second-order valence-electron chi connectivity index (χ2n) is 5.89. The van der Waals surface area contributed by atoms with Gasteiger partial charge < -0.3 is 15.4 Å². The lowest BCUT2D eigenvalue weighted by atomic mass is 10.2. The number of nitrogens with one attached hydrogen (secondary N) is 2. The maximum Gasteiger partial charge on any atom is 0.191 e. The van der Waals surface area contributed by atoms with Gasteiger partial charge in [0, 0.05) is 30.9 Å². The van der Waals surface area contributed by atoms with Crippen LogP contribution in [0.25, 0.3) is 0 Å². The van der Waals surface area contributed by atoms with Crippen LogP contribution in [0.4, 0.5) is 0 Å². The fraction of sp³-hybridized carbons (Fsp3) is 0.933. The van der Waals surface area contributed by atoms with E-state index in [2.05, 4.69) is 47.6 Å². The molecule has 5 nitrogen and oxygen atoms in total. The van der Waals surface area contributed by atoms with Gasteiger partial charge in [-0.25, -0.2) is 0 Å². The average molecular weight is 444 g/mol. The van der Waals surface area contributed by atoms with Crippen molar-refractivity contribution in [2.75, 3.05) is 58.7 Å². The highest BCUT2D eigenvalue weighted by atomic mass is 127. The van der Waals surface area contributed by atoms with Crippen molar-refractivity contribution in [3.8, 4) is 0 Å². The Morgan fingerprint density at radius 1 is 1.27 bits per heavy atom. The van der Waals surface area contributed by atoms with Crippen molar-refractivity contribution in [1.82, 2.24) is 15.5 Å². The number of halogens is 1. The van der Waals surface area contributed by atoms with Crippen molar-refractivity contribution in [2.24, 2.45) is 4.99 Å². The molecule has 0 radical (unpaired) electrons. The Bertz CT molecular complexity index is 310. The molecule has 0 aliphatic carbocycles. The van der Waals surface area contributed by atoms with E-state index in [-0.39, 0.29) is 28.7 Å². The van der Waals surface area contributed by atoms with Crippen LogP contribution < -0.4 is 10.6 Å². The molecule has 1 aliphatic rings. The molecule has 1 rings (SSSR count). The van der Waals surface area contributed by atoms with Crippen LogP contribution in [0.2, 0.25) is 0 Å². The molecule has 7 heteroatoms. The van der Waals surface area contributed by atoms with Crippen molar-refractivity contribution in [1.29, 1.82) is 0 Å². The van der Waals surface area contributed by atoms with Crippen LogP contribution in [0.3, 0.4) is 0 Å². The van der Waals surface area contributed by atoms with E-state index in [0.29, 0.717) is 0 Å². The molecule has 1 saturated heterocycles. The average Bonchev–Trinajstić information content (AvgIpc) is 2.50. The molecule has 0 unspecified atom stereocenters. The maximum atomic E-state index is 5.36. The van der Waals surface area contributed by atoms with Crippen molar-refractivity contribution in [3.05, 3.63) is 0 Å². The van der Waals surface area contributed by atoms with Gasteiger partial charge in [0.1, 0.15) is 0 Å². The zero-order chi connectivity index (χ0) is 15.6. The van der Waals surface area contributed by atoms with Crippen LogP contribution in [-0.2, 0) is 4.74 Å². The number of hydrogen-bond acceptors (Lipinski definition) is 4. The number of nitrogens with zero attached hydrogens (tertiary/aromatic N) is 2. The molecule has 0 aromatic heterocycles. The number of rotatable bonds is 8. The number of morpholine rings is 1. The summed E-state index contributed by atoms with van der Waals surface area (Å²) in [7, 11) is 0. The molecule has 0 saturated carbocycles. The largest absolute Gasteiger partial charge is 0.379 e. The first-order chi connectivity index (χ1) is 10.1. The smallest absolute Gasteiger partial charge is 0.191 e. The molecule has 22 heavy (non-hydrogen) atoms. The number of ether oxygens (including phenoxy) is 1. The van der Waals surface area contributed by atoms with E-state index in [0.717, 1.165) is 64.9 Å². The zero-order valence-electron chi connectivity index (χ0n) is 14.5. The van der Waals surface area contributed by atoms with Gasteiger partial charge in [0.05, 0.1) is 19.8 Å². The SMILES string of the molecule is CCNC(=NCC(C)(C)SC)NCCCN1CCOCC1.I. The minimum Gasteiger partial charge on any atom is -0.379 e. The molecule has 2 N–H and O–H groups in total. The van der Waals surface area contributed by atoms with Gasteiger partial charge in [0.2, 0.25) is 0 Å². The van der Waals surface area contributed by atoms with Gasteiger partial charge in [-0.2, -0.15) is 11.8 Å². The topological polar surface area (TPSA) is 48.9 Å². The number of guanidine groups is 1. The standard InChI is InChI=1S/C15H32N4OS.HI/c1-5-16-14(18-13-15(2,3)21-4)17-7-6-8-19-9-11-20-12-10-19;/h5-13H2,1-4H3,(H2,16,17,18);1H. The quantitative estimate of drug-likeness (QED) is 0.260. The second-order valence-corrected chi connectivity index (χ2v) is 7.41. The summed E-state index contributed by atoms with van der Waals surface area (Å²) < 4.78 is 5.55. The van der Waals surface area contributed by atoms with Gasteiger partial charge in [-0.3, -0.25) is 9.89 Å². The molecule has 0 bridgehead atoms. The first-order valence-electron chi connectivity index (χ1n) is 7.95. The minimum atomic E-state index is 0. The van der Waals surface area contributed by atoms with E-state index in [9.17, 15) is 0 Å². The zero-order valence-corrected chi connectivity index (χ0v) is 17.6. The molecular weight excluding hydrogens is 411 g/mol. The summed E-state index contributed by atoms with van der Waals surface area (Å²) in [4.78, 5) is 7.14. The van der Waals surface area contributed by atoms with Crippen molar-refractivity contribution >= 4 is 41.7 Å². The van der Waals surface area contributed by atoms with E-state index in [4.69, 9.17) is 4.74 Å². The summed E-state index contributed by atoms with van der Waals surface area (Å²) in [6.45, 7) is 14.3. The number of aliphatic imine (C=N–C) groups is 1. The first-order valence-corrected chi connectivity index (χ1v) is 9.17. The van der Waals surface area contributed by atoms with Gasteiger partial charge >= 0.3 is 0 Å². The molecule has 0 atom stereocenters. The molecule has 0 spiro atoms. The third kappa shape index (κ3) is 10.1. The van der Waals surface area contributed by atoms with E-state index < -0.39 is 0 Å². The molecule has 1 heterocycles. The summed E-state index contributed by atoms with van der Waals surface area (Å²) >= 11 is 1.85. The molecule has 0 aromatic carbocycles. The lowest BCUT2D eigenvalue weighted by Gasteiger charge is -2.26. The summed E-state index contributed by atoms with van der Waals surface area (Å²) in [5.74, 6) is 0.932. The Labute approximate surface area is 157 Å². The first kappa shape index (κ1) is 22.3. The molecule has 132 valence electrons. The van der Waals surface area contributed by atoms with Crippen LogP contribution in [0, 0.1) is 0 Å². The van der Waals surface area contributed by atoms with Crippen molar-refractivity contribution in [2.45, 2.75) is 31.9 Å². The third-order valence-corrected chi connectivity index (χ3v) is 4.80. The normalized spacial score (nSPS) is 17.0. The lowest BCUT2D eigenvalue weighted by Crippen LogP contribution is -2.41. The van der Waals surface area contributed by atoms with E-state index in [1.54, 1.807) is 0 Å². The van der Waals surface area contributed by atoms with Crippen LogP contribution in [0.5, 0.6) is 0 Å². The predicted octanol–water partition coefficient (Wildman–Crippen LogP) is 2.02. The van der Waals surface area contributed by atoms with Crippen LogP contribution in [-0.4, -0.2) is 74.3 Å². The van der Waals surface area contributed by atoms with Gasteiger partial charge in [-0.1, -0.05) is 0 Å². The highest BCUT2D eigenvalue weighted by molar-refractivity contribution is 14.0. The lowest BCUT2D eigenvalue weighted by molar-refractivity contribution is 0.0376. The Morgan fingerprint density at radius 3 is 2.55 bits per heavy atom. The Kier molecular flexibility index (Phi) is 12.8. The van der Waals surface area contributed by atoms with E-state index in [1.165, 1.54) is 0 Å². The minimum absolute atomic E-state index is 0. The fourth-order valence-electron chi connectivity index (χ4n) is 2.01. The van der Waals surface area contributed by atoms with Crippen molar-refractivity contribution < 1.29 is 4.74 Å². The van der Waals surface area contributed by atoms with Gasteiger partial charge in [0.15, 0.2) is 5.96 Å². The van der Waals surface area contributed by atoms with Crippen LogP contribution in [0.1, 0.15) is 27.2 Å². The Morgan fingerprint density at radius 2 is 1.95 bits per heavy atom.